The number of halogens is 2. The second kappa shape index (κ2) is 7.96. The van der Waals surface area contributed by atoms with Crippen molar-refractivity contribution in [3.05, 3.63) is 76.3 Å². The van der Waals surface area contributed by atoms with Crippen LogP contribution in [0.2, 0.25) is 10.0 Å². The molecule has 0 aliphatic rings. The predicted molar refractivity (Wildman–Crippen MR) is 101 cm³/mol. The summed E-state index contributed by atoms with van der Waals surface area (Å²) in [5, 5.41) is 14.6. The molecule has 0 bridgehead atoms. The Balaban J connectivity index is 1.62. The Morgan fingerprint density at radius 1 is 0.880 bits per heavy atom. The van der Waals surface area contributed by atoms with Gasteiger partial charge in [-0.05, 0) is 29.8 Å². The average Bonchev–Trinajstić information content (AvgIpc) is 2.61. The number of nitrogens with one attached hydrogen (secondary N) is 2. The molecule has 2 N–H and O–H groups in total. The van der Waals surface area contributed by atoms with E-state index in [0.717, 1.165) is 5.56 Å². The van der Waals surface area contributed by atoms with Crippen molar-refractivity contribution in [3.63, 3.8) is 0 Å². The molecule has 3 rings (SSSR count). The molecule has 0 unspecified atom stereocenters. The van der Waals surface area contributed by atoms with Crippen LogP contribution in [0.1, 0.15) is 5.56 Å². The molecular formula is C18H14Cl2N4O. The molecule has 1 aromatic heterocycles. The molecule has 0 saturated carbocycles. The van der Waals surface area contributed by atoms with Crippen LogP contribution < -0.4 is 10.6 Å². The molecule has 5 nitrogen and oxygen atoms in total. The van der Waals surface area contributed by atoms with Gasteiger partial charge in [0.25, 0.3) is 0 Å². The third-order valence-electron chi connectivity index (χ3n) is 3.35. The number of amides is 1. The first-order valence-corrected chi connectivity index (χ1v) is 8.26. The fourth-order valence-corrected chi connectivity index (χ4v) is 2.52. The SMILES string of the molecule is O=C(Cc1ccccc1)Nc1ccc(Nc2cccc(Cl)c2Cl)nn1. The summed E-state index contributed by atoms with van der Waals surface area (Å²) in [6.07, 6.45) is 0.278. The summed E-state index contributed by atoms with van der Waals surface area (Å²) < 4.78 is 0. The molecule has 7 heteroatoms. The highest BCUT2D eigenvalue weighted by Gasteiger charge is 2.07. The van der Waals surface area contributed by atoms with E-state index >= 15 is 0 Å². The molecule has 2 aromatic carbocycles. The summed E-state index contributed by atoms with van der Waals surface area (Å²) in [6, 6.07) is 18.1. The predicted octanol–water partition coefficient (Wildman–Crippen LogP) is 4.71. The van der Waals surface area contributed by atoms with Crippen LogP contribution in [0.3, 0.4) is 0 Å². The van der Waals surface area contributed by atoms with Crippen LogP contribution in [0.4, 0.5) is 17.3 Å². The van der Waals surface area contributed by atoms with Gasteiger partial charge in [0.05, 0.1) is 22.2 Å². The lowest BCUT2D eigenvalue weighted by molar-refractivity contribution is -0.115. The van der Waals surface area contributed by atoms with Crippen LogP contribution in [-0.4, -0.2) is 16.1 Å². The number of nitrogens with zero attached hydrogens (tertiary/aromatic N) is 2. The van der Waals surface area contributed by atoms with Gasteiger partial charge in [0.2, 0.25) is 5.91 Å². The Morgan fingerprint density at radius 3 is 2.32 bits per heavy atom. The fourth-order valence-electron chi connectivity index (χ4n) is 2.17. The van der Waals surface area contributed by atoms with Crippen molar-refractivity contribution in [1.29, 1.82) is 0 Å². The molecule has 25 heavy (non-hydrogen) atoms. The van der Waals surface area contributed by atoms with E-state index in [2.05, 4.69) is 20.8 Å². The number of carbonyl (C=O) groups excluding carboxylic acids is 1. The molecule has 0 aliphatic carbocycles. The molecule has 0 aliphatic heterocycles. The number of anilines is 3. The standard InChI is InChI=1S/C18H14Cl2N4O/c19-13-7-4-8-14(18(13)20)21-15-9-10-16(24-23-15)22-17(25)11-12-5-2-1-3-6-12/h1-10H,11H2,(H,21,23)(H,22,24,25). The topological polar surface area (TPSA) is 66.9 Å². The molecule has 1 heterocycles. The van der Waals surface area contributed by atoms with Crippen LogP contribution in [0, 0.1) is 0 Å². The first-order valence-electron chi connectivity index (χ1n) is 7.50. The molecule has 0 atom stereocenters. The van der Waals surface area contributed by atoms with Crippen LogP contribution >= 0.6 is 23.2 Å². The number of carbonyl (C=O) groups is 1. The monoisotopic (exact) mass is 372 g/mol. The molecule has 3 aromatic rings. The Labute approximate surface area is 155 Å². The normalized spacial score (nSPS) is 10.3. The number of hydrogen-bond acceptors (Lipinski definition) is 4. The Morgan fingerprint density at radius 2 is 1.60 bits per heavy atom. The van der Waals surface area contributed by atoms with E-state index in [9.17, 15) is 4.79 Å². The van der Waals surface area contributed by atoms with Gasteiger partial charge in [-0.1, -0.05) is 59.6 Å². The smallest absolute Gasteiger partial charge is 0.229 e. The zero-order valence-corrected chi connectivity index (χ0v) is 14.6. The van der Waals surface area contributed by atoms with Gasteiger partial charge in [-0.3, -0.25) is 4.79 Å². The van der Waals surface area contributed by atoms with Crippen molar-refractivity contribution in [3.8, 4) is 0 Å². The second-order valence-electron chi connectivity index (χ2n) is 5.24. The summed E-state index contributed by atoms with van der Waals surface area (Å²) in [5.74, 6) is 0.716. The molecule has 0 saturated heterocycles. The first-order chi connectivity index (χ1) is 12.1. The summed E-state index contributed by atoms with van der Waals surface area (Å²) >= 11 is 12.1. The number of rotatable bonds is 5. The lowest BCUT2D eigenvalue weighted by Crippen LogP contribution is -2.15. The van der Waals surface area contributed by atoms with Crippen molar-refractivity contribution in [2.24, 2.45) is 0 Å². The van der Waals surface area contributed by atoms with Gasteiger partial charge < -0.3 is 10.6 Å². The minimum Gasteiger partial charge on any atom is -0.337 e. The zero-order chi connectivity index (χ0) is 17.6. The highest BCUT2D eigenvalue weighted by Crippen LogP contribution is 2.31. The third-order valence-corrected chi connectivity index (χ3v) is 4.17. The van der Waals surface area contributed by atoms with E-state index in [0.29, 0.717) is 27.4 Å². The van der Waals surface area contributed by atoms with E-state index in [4.69, 9.17) is 23.2 Å². The van der Waals surface area contributed by atoms with Gasteiger partial charge in [0, 0.05) is 0 Å². The van der Waals surface area contributed by atoms with Crippen molar-refractivity contribution < 1.29 is 4.79 Å². The van der Waals surface area contributed by atoms with Gasteiger partial charge >= 0.3 is 0 Å². The van der Waals surface area contributed by atoms with E-state index in [1.807, 2.05) is 30.3 Å². The largest absolute Gasteiger partial charge is 0.337 e. The van der Waals surface area contributed by atoms with Crippen molar-refractivity contribution in [2.75, 3.05) is 10.6 Å². The van der Waals surface area contributed by atoms with E-state index in [-0.39, 0.29) is 12.3 Å². The maximum atomic E-state index is 12.0. The minimum atomic E-state index is -0.154. The van der Waals surface area contributed by atoms with Crippen LogP contribution in [0.15, 0.2) is 60.7 Å². The highest BCUT2D eigenvalue weighted by atomic mass is 35.5. The average molecular weight is 373 g/mol. The van der Waals surface area contributed by atoms with E-state index < -0.39 is 0 Å². The minimum absolute atomic E-state index is 0.154. The molecule has 0 fully saturated rings. The van der Waals surface area contributed by atoms with Crippen LogP contribution in [0.25, 0.3) is 0 Å². The van der Waals surface area contributed by atoms with Crippen LogP contribution in [-0.2, 0) is 11.2 Å². The maximum absolute atomic E-state index is 12.0. The highest BCUT2D eigenvalue weighted by molar-refractivity contribution is 6.43. The first kappa shape index (κ1) is 17.2. The summed E-state index contributed by atoms with van der Waals surface area (Å²) in [7, 11) is 0. The quantitative estimate of drug-likeness (QED) is 0.680. The fraction of sp³-hybridized carbons (Fsp3) is 0.0556. The number of aromatic nitrogens is 2. The van der Waals surface area contributed by atoms with Gasteiger partial charge in [0.1, 0.15) is 0 Å². The summed E-state index contributed by atoms with van der Waals surface area (Å²) in [4.78, 5) is 12.0. The van der Waals surface area contributed by atoms with Gasteiger partial charge in [-0.2, -0.15) is 0 Å². The zero-order valence-electron chi connectivity index (χ0n) is 13.0. The molecular weight excluding hydrogens is 359 g/mol. The van der Waals surface area contributed by atoms with E-state index in [1.165, 1.54) is 0 Å². The Bertz CT molecular complexity index is 870. The molecule has 1 amide bonds. The Hall–Kier alpha value is -2.63. The molecule has 0 radical (unpaired) electrons. The van der Waals surface area contributed by atoms with Crippen molar-refractivity contribution in [2.45, 2.75) is 6.42 Å². The van der Waals surface area contributed by atoms with Gasteiger partial charge in [-0.15, -0.1) is 10.2 Å². The molecule has 0 spiro atoms. The van der Waals surface area contributed by atoms with Gasteiger partial charge in [-0.25, -0.2) is 0 Å². The van der Waals surface area contributed by atoms with Crippen molar-refractivity contribution in [1.82, 2.24) is 10.2 Å². The molecule has 126 valence electrons. The number of hydrogen-bond donors (Lipinski definition) is 2. The summed E-state index contributed by atoms with van der Waals surface area (Å²) in [5.41, 5.74) is 1.56. The Kier molecular flexibility index (Phi) is 5.48. The van der Waals surface area contributed by atoms with Crippen LogP contribution in [0.5, 0.6) is 0 Å². The summed E-state index contributed by atoms with van der Waals surface area (Å²) in [6.45, 7) is 0. The van der Waals surface area contributed by atoms with Crippen molar-refractivity contribution >= 4 is 46.4 Å². The lowest BCUT2D eigenvalue weighted by Gasteiger charge is -2.09. The van der Waals surface area contributed by atoms with E-state index in [1.54, 1.807) is 30.3 Å². The lowest BCUT2D eigenvalue weighted by atomic mass is 10.1. The maximum Gasteiger partial charge on any atom is 0.229 e. The third kappa shape index (κ3) is 4.68. The van der Waals surface area contributed by atoms with Gasteiger partial charge in [0.15, 0.2) is 11.6 Å². The second-order valence-corrected chi connectivity index (χ2v) is 6.03. The number of benzene rings is 2.